The van der Waals surface area contributed by atoms with Gasteiger partial charge in [0, 0.05) is 11.9 Å². The summed E-state index contributed by atoms with van der Waals surface area (Å²) in [5.41, 5.74) is 1.99. The summed E-state index contributed by atoms with van der Waals surface area (Å²) >= 11 is 0. The number of pyridine rings is 1. The van der Waals surface area contributed by atoms with Gasteiger partial charge in [0.2, 0.25) is 0 Å². The third-order valence-electron chi connectivity index (χ3n) is 2.74. The first-order valence-electron chi connectivity index (χ1n) is 6.00. The van der Waals surface area contributed by atoms with E-state index in [1.807, 2.05) is 12.1 Å². The highest BCUT2D eigenvalue weighted by Gasteiger charge is 2.11. The van der Waals surface area contributed by atoms with Gasteiger partial charge < -0.3 is 10.1 Å². The number of nitrogens with one attached hydrogen (secondary N) is 1. The standard InChI is InChI=1S/C15H13N3O2/c1-20-14-10-17-9-7-13(14)15(19)18-12-4-2-11(3-5-12)6-8-16/h2-5,7,9-10H,6H2,1H3,(H,18,19). The molecule has 0 saturated carbocycles. The number of hydrogen-bond donors (Lipinski definition) is 1. The minimum atomic E-state index is -0.266. The van der Waals surface area contributed by atoms with Crippen LogP contribution in [0.15, 0.2) is 42.7 Å². The molecule has 0 aliphatic rings. The lowest BCUT2D eigenvalue weighted by molar-refractivity contribution is 0.102. The van der Waals surface area contributed by atoms with E-state index < -0.39 is 0 Å². The maximum atomic E-state index is 12.1. The molecule has 5 heteroatoms. The molecule has 2 rings (SSSR count). The lowest BCUT2D eigenvalue weighted by atomic mass is 10.1. The number of carbonyl (C=O) groups excluding carboxylic acids is 1. The van der Waals surface area contributed by atoms with Crippen LogP contribution >= 0.6 is 0 Å². The van der Waals surface area contributed by atoms with E-state index in [1.165, 1.54) is 19.5 Å². The number of anilines is 1. The molecule has 1 N–H and O–H groups in total. The summed E-state index contributed by atoms with van der Waals surface area (Å²) in [5, 5.41) is 11.4. The topological polar surface area (TPSA) is 75.0 Å². The molecule has 0 bridgehead atoms. The molecular formula is C15H13N3O2. The molecule has 1 amide bonds. The van der Waals surface area contributed by atoms with E-state index in [1.54, 1.807) is 18.2 Å². The van der Waals surface area contributed by atoms with Crippen LogP contribution < -0.4 is 10.1 Å². The minimum absolute atomic E-state index is 0.266. The first-order valence-corrected chi connectivity index (χ1v) is 6.00. The van der Waals surface area contributed by atoms with Crippen molar-refractivity contribution in [1.29, 1.82) is 5.26 Å². The normalized spacial score (nSPS) is 9.60. The molecule has 1 heterocycles. The maximum absolute atomic E-state index is 12.1. The van der Waals surface area contributed by atoms with Gasteiger partial charge in [0.1, 0.15) is 5.75 Å². The van der Waals surface area contributed by atoms with Gasteiger partial charge in [0.25, 0.3) is 5.91 Å². The molecule has 0 aliphatic heterocycles. The number of nitriles is 1. The molecule has 0 saturated heterocycles. The van der Waals surface area contributed by atoms with Crippen molar-refractivity contribution in [2.75, 3.05) is 12.4 Å². The summed E-state index contributed by atoms with van der Waals surface area (Å²) < 4.78 is 5.10. The zero-order chi connectivity index (χ0) is 14.4. The summed E-state index contributed by atoms with van der Waals surface area (Å²) in [6.45, 7) is 0. The second-order valence-corrected chi connectivity index (χ2v) is 4.06. The van der Waals surface area contributed by atoms with E-state index in [-0.39, 0.29) is 5.91 Å². The molecule has 0 spiro atoms. The number of aromatic nitrogens is 1. The Balaban J connectivity index is 2.13. The van der Waals surface area contributed by atoms with Gasteiger partial charge in [-0.3, -0.25) is 9.78 Å². The van der Waals surface area contributed by atoms with Crippen molar-refractivity contribution >= 4 is 11.6 Å². The molecule has 1 aromatic heterocycles. The Bertz CT molecular complexity index is 645. The molecule has 0 fully saturated rings. The Labute approximate surface area is 116 Å². The van der Waals surface area contributed by atoms with Gasteiger partial charge in [-0.1, -0.05) is 12.1 Å². The van der Waals surface area contributed by atoms with Crippen molar-refractivity contribution in [1.82, 2.24) is 4.98 Å². The van der Waals surface area contributed by atoms with Crippen molar-refractivity contribution < 1.29 is 9.53 Å². The van der Waals surface area contributed by atoms with Gasteiger partial charge in [-0.2, -0.15) is 5.26 Å². The fourth-order valence-corrected chi connectivity index (χ4v) is 1.73. The van der Waals surface area contributed by atoms with Crippen LogP contribution in [0.25, 0.3) is 0 Å². The van der Waals surface area contributed by atoms with Crippen LogP contribution in [0.2, 0.25) is 0 Å². The van der Waals surface area contributed by atoms with Crippen molar-refractivity contribution in [3.63, 3.8) is 0 Å². The highest BCUT2D eigenvalue weighted by Crippen LogP contribution is 2.18. The Morgan fingerprint density at radius 1 is 1.35 bits per heavy atom. The van der Waals surface area contributed by atoms with Crippen LogP contribution in [0.3, 0.4) is 0 Å². The second kappa shape index (κ2) is 6.34. The highest BCUT2D eigenvalue weighted by molar-refractivity contribution is 6.06. The average Bonchev–Trinajstić information content (AvgIpc) is 2.49. The third kappa shape index (κ3) is 3.12. The average molecular weight is 267 g/mol. The van der Waals surface area contributed by atoms with Crippen LogP contribution in [0.4, 0.5) is 5.69 Å². The number of methoxy groups -OCH3 is 1. The largest absolute Gasteiger partial charge is 0.494 e. The quantitative estimate of drug-likeness (QED) is 0.923. The monoisotopic (exact) mass is 267 g/mol. The van der Waals surface area contributed by atoms with Crippen LogP contribution in [0.1, 0.15) is 15.9 Å². The minimum Gasteiger partial charge on any atom is -0.494 e. The van der Waals surface area contributed by atoms with Crippen molar-refractivity contribution in [2.24, 2.45) is 0 Å². The molecule has 5 nitrogen and oxygen atoms in total. The Kier molecular flexibility index (Phi) is 4.30. The van der Waals surface area contributed by atoms with Crippen molar-refractivity contribution in [2.45, 2.75) is 6.42 Å². The summed E-state index contributed by atoms with van der Waals surface area (Å²) in [6, 6.07) is 10.8. The number of carbonyl (C=O) groups is 1. The Morgan fingerprint density at radius 3 is 2.75 bits per heavy atom. The lowest BCUT2D eigenvalue weighted by Crippen LogP contribution is -2.13. The number of hydrogen-bond acceptors (Lipinski definition) is 4. The Morgan fingerprint density at radius 2 is 2.10 bits per heavy atom. The van der Waals surface area contributed by atoms with E-state index in [9.17, 15) is 4.79 Å². The van der Waals surface area contributed by atoms with E-state index in [4.69, 9.17) is 10.00 Å². The molecular weight excluding hydrogens is 254 g/mol. The SMILES string of the molecule is COc1cnccc1C(=O)Nc1ccc(CC#N)cc1. The van der Waals surface area contributed by atoms with E-state index in [2.05, 4.69) is 16.4 Å². The molecule has 2 aromatic rings. The van der Waals surface area contributed by atoms with Crippen LogP contribution in [-0.4, -0.2) is 18.0 Å². The number of nitrogens with zero attached hydrogens (tertiary/aromatic N) is 2. The van der Waals surface area contributed by atoms with E-state index >= 15 is 0 Å². The first kappa shape index (κ1) is 13.6. The second-order valence-electron chi connectivity index (χ2n) is 4.06. The maximum Gasteiger partial charge on any atom is 0.259 e. The molecule has 0 atom stereocenters. The molecule has 20 heavy (non-hydrogen) atoms. The van der Waals surface area contributed by atoms with Gasteiger partial charge >= 0.3 is 0 Å². The first-order chi connectivity index (χ1) is 9.74. The van der Waals surface area contributed by atoms with Gasteiger partial charge in [-0.25, -0.2) is 0 Å². The van der Waals surface area contributed by atoms with Gasteiger partial charge in [-0.05, 0) is 23.8 Å². The van der Waals surface area contributed by atoms with Crippen LogP contribution in [-0.2, 0) is 6.42 Å². The van der Waals surface area contributed by atoms with Crippen LogP contribution in [0.5, 0.6) is 5.75 Å². The molecule has 0 aliphatic carbocycles. The molecule has 0 unspecified atom stereocenters. The number of amides is 1. The number of rotatable bonds is 4. The molecule has 100 valence electrons. The molecule has 0 radical (unpaired) electrons. The number of ether oxygens (including phenoxy) is 1. The Hall–Kier alpha value is -2.87. The summed E-state index contributed by atoms with van der Waals surface area (Å²) in [4.78, 5) is 16.0. The van der Waals surface area contributed by atoms with Crippen molar-refractivity contribution in [3.8, 4) is 11.8 Å². The fourth-order valence-electron chi connectivity index (χ4n) is 1.73. The lowest BCUT2D eigenvalue weighted by Gasteiger charge is -2.08. The smallest absolute Gasteiger partial charge is 0.259 e. The summed E-state index contributed by atoms with van der Waals surface area (Å²) in [7, 11) is 1.49. The fraction of sp³-hybridized carbons (Fsp3) is 0.133. The zero-order valence-electron chi connectivity index (χ0n) is 11.0. The summed E-state index contributed by atoms with van der Waals surface area (Å²) in [5.74, 6) is 0.156. The van der Waals surface area contributed by atoms with E-state index in [0.29, 0.717) is 23.4 Å². The molecule has 1 aromatic carbocycles. The third-order valence-corrected chi connectivity index (χ3v) is 2.74. The van der Waals surface area contributed by atoms with E-state index in [0.717, 1.165) is 5.56 Å². The predicted octanol–water partition coefficient (Wildman–Crippen LogP) is 2.41. The predicted molar refractivity (Wildman–Crippen MR) is 74.5 cm³/mol. The van der Waals surface area contributed by atoms with Crippen LogP contribution in [0, 0.1) is 11.3 Å². The van der Waals surface area contributed by atoms with Gasteiger partial charge in [-0.15, -0.1) is 0 Å². The van der Waals surface area contributed by atoms with Crippen molar-refractivity contribution in [3.05, 3.63) is 53.9 Å². The zero-order valence-corrected chi connectivity index (χ0v) is 11.0. The van der Waals surface area contributed by atoms with Gasteiger partial charge in [0.05, 0.1) is 31.4 Å². The summed E-state index contributed by atoms with van der Waals surface area (Å²) in [6.07, 6.45) is 3.38. The highest BCUT2D eigenvalue weighted by atomic mass is 16.5. The number of benzene rings is 1. The van der Waals surface area contributed by atoms with Gasteiger partial charge in [0.15, 0.2) is 0 Å².